The molecule has 1 aromatic rings. The summed E-state index contributed by atoms with van der Waals surface area (Å²) in [5.74, 6) is 1.34. The SMILES string of the molecule is CCN(CCc1ccncc1)C(=O)CCCSC. The summed E-state index contributed by atoms with van der Waals surface area (Å²) >= 11 is 1.80. The van der Waals surface area contributed by atoms with Crippen LogP contribution in [0.2, 0.25) is 0 Å². The molecule has 100 valence electrons. The van der Waals surface area contributed by atoms with Crippen molar-refractivity contribution in [2.45, 2.75) is 26.2 Å². The van der Waals surface area contributed by atoms with Crippen molar-refractivity contribution >= 4 is 17.7 Å². The standard InChI is InChI=1S/C14H22N2OS/c1-3-16(14(17)5-4-12-18-2)11-8-13-6-9-15-10-7-13/h6-7,9-10H,3-5,8,11-12H2,1-2H3. The van der Waals surface area contributed by atoms with Gasteiger partial charge in [0.25, 0.3) is 0 Å². The van der Waals surface area contributed by atoms with E-state index in [1.807, 2.05) is 24.0 Å². The number of thioether (sulfide) groups is 1. The van der Waals surface area contributed by atoms with Gasteiger partial charge in [0.15, 0.2) is 0 Å². The Kier molecular flexibility index (Phi) is 7.49. The highest BCUT2D eigenvalue weighted by atomic mass is 32.2. The van der Waals surface area contributed by atoms with Crippen LogP contribution in [0.5, 0.6) is 0 Å². The molecule has 0 fully saturated rings. The molecule has 0 saturated carbocycles. The minimum atomic E-state index is 0.278. The van der Waals surface area contributed by atoms with E-state index >= 15 is 0 Å². The zero-order chi connectivity index (χ0) is 13.2. The molecule has 3 nitrogen and oxygen atoms in total. The summed E-state index contributed by atoms with van der Waals surface area (Å²) in [6.07, 6.45) is 8.23. The summed E-state index contributed by atoms with van der Waals surface area (Å²) < 4.78 is 0. The van der Waals surface area contributed by atoms with E-state index in [1.165, 1.54) is 5.56 Å². The predicted molar refractivity (Wildman–Crippen MR) is 77.8 cm³/mol. The maximum absolute atomic E-state index is 12.0. The van der Waals surface area contributed by atoms with E-state index in [0.717, 1.165) is 31.7 Å². The lowest BCUT2D eigenvalue weighted by atomic mass is 10.2. The third-order valence-electron chi connectivity index (χ3n) is 2.89. The van der Waals surface area contributed by atoms with Crippen LogP contribution < -0.4 is 0 Å². The molecule has 0 aliphatic carbocycles. The van der Waals surface area contributed by atoms with Gasteiger partial charge in [0, 0.05) is 31.9 Å². The van der Waals surface area contributed by atoms with Gasteiger partial charge in [-0.1, -0.05) is 0 Å². The molecule has 0 bridgehead atoms. The third-order valence-corrected chi connectivity index (χ3v) is 3.59. The smallest absolute Gasteiger partial charge is 0.222 e. The number of carbonyl (C=O) groups excluding carboxylic acids is 1. The van der Waals surface area contributed by atoms with Crippen LogP contribution in [0.1, 0.15) is 25.3 Å². The highest BCUT2D eigenvalue weighted by molar-refractivity contribution is 7.98. The first kappa shape index (κ1) is 15.0. The van der Waals surface area contributed by atoms with E-state index in [9.17, 15) is 4.79 Å². The number of amides is 1. The molecule has 1 aromatic heterocycles. The van der Waals surface area contributed by atoms with Gasteiger partial charge in [-0.25, -0.2) is 0 Å². The van der Waals surface area contributed by atoms with E-state index in [4.69, 9.17) is 0 Å². The van der Waals surface area contributed by atoms with E-state index in [1.54, 1.807) is 24.2 Å². The van der Waals surface area contributed by atoms with Crippen LogP contribution in [0.4, 0.5) is 0 Å². The summed E-state index contributed by atoms with van der Waals surface area (Å²) in [5.41, 5.74) is 1.24. The first-order valence-electron chi connectivity index (χ1n) is 6.43. The monoisotopic (exact) mass is 266 g/mol. The van der Waals surface area contributed by atoms with Crippen molar-refractivity contribution in [3.63, 3.8) is 0 Å². The van der Waals surface area contributed by atoms with Crippen molar-refractivity contribution in [1.29, 1.82) is 0 Å². The second-order valence-electron chi connectivity index (χ2n) is 4.18. The van der Waals surface area contributed by atoms with Crippen molar-refractivity contribution in [3.8, 4) is 0 Å². The minimum absolute atomic E-state index is 0.278. The largest absolute Gasteiger partial charge is 0.343 e. The molecule has 0 radical (unpaired) electrons. The Bertz CT molecular complexity index is 343. The summed E-state index contributed by atoms with van der Waals surface area (Å²) in [6, 6.07) is 4.01. The molecule has 18 heavy (non-hydrogen) atoms. The summed E-state index contributed by atoms with van der Waals surface area (Å²) in [7, 11) is 0. The molecule has 0 N–H and O–H groups in total. The maximum atomic E-state index is 12.0. The Labute approximate surface area is 114 Å². The summed E-state index contributed by atoms with van der Waals surface area (Å²) in [5, 5.41) is 0. The van der Waals surface area contributed by atoms with Gasteiger partial charge in [-0.15, -0.1) is 0 Å². The van der Waals surface area contributed by atoms with Crippen molar-refractivity contribution in [1.82, 2.24) is 9.88 Å². The molecular formula is C14H22N2OS. The zero-order valence-corrected chi connectivity index (χ0v) is 12.1. The Morgan fingerprint density at radius 2 is 2.11 bits per heavy atom. The number of rotatable bonds is 8. The van der Waals surface area contributed by atoms with Gasteiger partial charge in [0.1, 0.15) is 0 Å². The summed E-state index contributed by atoms with van der Waals surface area (Å²) in [4.78, 5) is 17.9. The molecule has 1 rings (SSSR count). The maximum Gasteiger partial charge on any atom is 0.222 e. The molecule has 0 saturated heterocycles. The first-order valence-corrected chi connectivity index (χ1v) is 7.83. The lowest BCUT2D eigenvalue weighted by molar-refractivity contribution is -0.131. The number of carbonyl (C=O) groups is 1. The Hall–Kier alpha value is -1.03. The van der Waals surface area contributed by atoms with Gasteiger partial charge in [0.05, 0.1) is 0 Å². The lowest BCUT2D eigenvalue weighted by Crippen LogP contribution is -2.32. The average molecular weight is 266 g/mol. The van der Waals surface area contributed by atoms with Crippen molar-refractivity contribution in [3.05, 3.63) is 30.1 Å². The van der Waals surface area contributed by atoms with E-state index in [-0.39, 0.29) is 5.91 Å². The van der Waals surface area contributed by atoms with Crippen LogP contribution in [-0.4, -0.2) is 40.9 Å². The van der Waals surface area contributed by atoms with Crippen LogP contribution in [0.15, 0.2) is 24.5 Å². The Morgan fingerprint density at radius 1 is 1.39 bits per heavy atom. The molecule has 0 aliphatic rings. The third kappa shape index (κ3) is 5.54. The quantitative estimate of drug-likeness (QED) is 0.678. The number of nitrogens with zero attached hydrogens (tertiary/aromatic N) is 2. The van der Waals surface area contributed by atoms with E-state index in [0.29, 0.717) is 6.42 Å². The zero-order valence-electron chi connectivity index (χ0n) is 11.3. The van der Waals surface area contributed by atoms with Crippen molar-refractivity contribution in [2.24, 2.45) is 0 Å². The minimum Gasteiger partial charge on any atom is -0.343 e. The van der Waals surface area contributed by atoms with Crippen LogP contribution >= 0.6 is 11.8 Å². The summed E-state index contributed by atoms with van der Waals surface area (Å²) in [6.45, 7) is 3.64. The van der Waals surface area contributed by atoms with Crippen LogP contribution in [0, 0.1) is 0 Å². The molecule has 0 spiro atoms. The number of pyridine rings is 1. The molecule has 1 heterocycles. The Balaban J connectivity index is 2.35. The van der Waals surface area contributed by atoms with Crippen LogP contribution in [-0.2, 0) is 11.2 Å². The van der Waals surface area contributed by atoms with Gasteiger partial charge >= 0.3 is 0 Å². The first-order chi connectivity index (χ1) is 8.77. The van der Waals surface area contributed by atoms with Crippen LogP contribution in [0.3, 0.4) is 0 Å². The fourth-order valence-corrected chi connectivity index (χ4v) is 2.23. The second-order valence-corrected chi connectivity index (χ2v) is 5.16. The predicted octanol–water partition coefficient (Wildman–Crippen LogP) is 2.62. The second kappa shape index (κ2) is 8.97. The van der Waals surface area contributed by atoms with Crippen molar-refractivity contribution in [2.75, 3.05) is 25.1 Å². The van der Waals surface area contributed by atoms with Crippen molar-refractivity contribution < 1.29 is 4.79 Å². The number of aromatic nitrogens is 1. The highest BCUT2D eigenvalue weighted by Gasteiger charge is 2.10. The van der Waals surface area contributed by atoms with Gasteiger partial charge in [-0.3, -0.25) is 9.78 Å². The van der Waals surface area contributed by atoms with Gasteiger partial charge in [-0.05, 0) is 49.5 Å². The molecule has 0 aromatic carbocycles. The molecular weight excluding hydrogens is 244 g/mol. The fraction of sp³-hybridized carbons (Fsp3) is 0.571. The average Bonchev–Trinajstić information content (AvgIpc) is 2.41. The lowest BCUT2D eigenvalue weighted by Gasteiger charge is -2.20. The fourth-order valence-electron chi connectivity index (χ4n) is 1.80. The van der Waals surface area contributed by atoms with E-state index < -0.39 is 0 Å². The molecule has 0 unspecified atom stereocenters. The molecule has 4 heteroatoms. The highest BCUT2D eigenvalue weighted by Crippen LogP contribution is 2.05. The molecule has 0 atom stereocenters. The number of hydrogen-bond donors (Lipinski definition) is 0. The van der Waals surface area contributed by atoms with E-state index in [2.05, 4.69) is 11.2 Å². The van der Waals surface area contributed by atoms with Gasteiger partial charge in [0.2, 0.25) is 5.91 Å². The topological polar surface area (TPSA) is 33.2 Å². The van der Waals surface area contributed by atoms with Crippen LogP contribution in [0.25, 0.3) is 0 Å². The van der Waals surface area contributed by atoms with Gasteiger partial charge < -0.3 is 4.90 Å². The normalized spacial score (nSPS) is 10.3. The molecule has 0 aliphatic heterocycles. The number of hydrogen-bond acceptors (Lipinski definition) is 3. The number of likely N-dealkylation sites (N-methyl/N-ethyl adjacent to an activating group) is 1. The molecule has 1 amide bonds. The Morgan fingerprint density at radius 3 is 2.72 bits per heavy atom. The van der Waals surface area contributed by atoms with Gasteiger partial charge in [-0.2, -0.15) is 11.8 Å².